The summed E-state index contributed by atoms with van der Waals surface area (Å²) < 4.78 is 2.45. The van der Waals surface area contributed by atoms with Crippen LogP contribution >= 0.6 is 0 Å². The summed E-state index contributed by atoms with van der Waals surface area (Å²) in [5, 5.41) is 4.69. The van der Waals surface area contributed by atoms with Gasteiger partial charge in [0.2, 0.25) is 0 Å². The minimum absolute atomic E-state index is 0.0678. The quantitative estimate of drug-likeness (QED) is 0.186. The average Bonchev–Trinajstić information content (AvgIpc) is 3.58. The van der Waals surface area contributed by atoms with Gasteiger partial charge in [0, 0.05) is 45.0 Å². The lowest BCUT2D eigenvalue weighted by Gasteiger charge is -2.21. The Balaban J connectivity index is 1.15. The Hall–Kier alpha value is -6.06. The van der Waals surface area contributed by atoms with Crippen LogP contribution in [0.15, 0.2) is 152 Å². The highest BCUT2D eigenvalue weighted by Crippen LogP contribution is 2.51. The molecule has 0 spiro atoms. The normalized spacial score (nSPS) is 13.4. The summed E-state index contributed by atoms with van der Waals surface area (Å²) in [5.74, 6) is 0. The van der Waals surface area contributed by atoms with Crippen molar-refractivity contribution in [1.29, 1.82) is 0 Å². The Morgan fingerprint density at radius 1 is 0.521 bits per heavy atom. The van der Waals surface area contributed by atoms with Crippen molar-refractivity contribution in [3.05, 3.63) is 163 Å². The molecule has 0 saturated carbocycles. The minimum Gasteiger partial charge on any atom is -0.309 e. The van der Waals surface area contributed by atoms with E-state index in [0.29, 0.717) is 0 Å². The van der Waals surface area contributed by atoms with Crippen LogP contribution in [0.3, 0.4) is 0 Å². The molecular weight excluding hydrogens is 583 g/mol. The van der Waals surface area contributed by atoms with E-state index in [2.05, 4.69) is 152 Å². The summed E-state index contributed by atoms with van der Waals surface area (Å²) in [5.41, 5.74) is 15.6. The second-order valence-electron chi connectivity index (χ2n) is 13.5. The van der Waals surface area contributed by atoms with Gasteiger partial charge in [-0.25, -0.2) is 0 Å². The third-order valence-electron chi connectivity index (χ3n) is 10.4. The molecular formula is C45H31N3. The number of nitrogens with zero attached hydrogens (tertiary/aromatic N) is 3. The van der Waals surface area contributed by atoms with Gasteiger partial charge in [-0.2, -0.15) is 0 Å². The van der Waals surface area contributed by atoms with Gasteiger partial charge in [0.1, 0.15) is 0 Å². The van der Waals surface area contributed by atoms with Gasteiger partial charge >= 0.3 is 0 Å². The molecule has 3 heterocycles. The lowest BCUT2D eigenvalue weighted by Crippen LogP contribution is -2.14. The van der Waals surface area contributed by atoms with Crippen molar-refractivity contribution in [2.75, 3.05) is 0 Å². The van der Waals surface area contributed by atoms with Crippen molar-refractivity contribution in [3.63, 3.8) is 0 Å². The van der Waals surface area contributed by atoms with Gasteiger partial charge in [0.05, 0.1) is 22.1 Å². The zero-order chi connectivity index (χ0) is 32.0. The molecule has 226 valence electrons. The predicted molar refractivity (Wildman–Crippen MR) is 200 cm³/mol. The van der Waals surface area contributed by atoms with Crippen molar-refractivity contribution in [3.8, 4) is 39.1 Å². The summed E-state index contributed by atoms with van der Waals surface area (Å²) in [6.07, 6.45) is 3.78. The fraction of sp³-hybridized carbons (Fsp3) is 0.0667. The third-order valence-corrected chi connectivity index (χ3v) is 10.4. The second kappa shape index (κ2) is 9.97. The maximum atomic E-state index is 4.77. The van der Waals surface area contributed by atoms with Gasteiger partial charge in [0.15, 0.2) is 0 Å². The molecule has 3 heteroatoms. The molecule has 9 aromatic rings. The van der Waals surface area contributed by atoms with Crippen LogP contribution in [0, 0.1) is 0 Å². The van der Waals surface area contributed by atoms with Gasteiger partial charge in [-0.3, -0.25) is 9.97 Å². The average molecular weight is 614 g/mol. The molecule has 0 atom stereocenters. The number of hydrogen-bond donors (Lipinski definition) is 0. The Morgan fingerprint density at radius 2 is 1.29 bits per heavy atom. The molecule has 6 aromatic carbocycles. The van der Waals surface area contributed by atoms with Crippen LogP contribution in [0.2, 0.25) is 0 Å². The molecule has 0 saturated heterocycles. The van der Waals surface area contributed by atoms with Crippen LogP contribution in [-0.4, -0.2) is 14.5 Å². The van der Waals surface area contributed by atoms with E-state index < -0.39 is 0 Å². The van der Waals surface area contributed by atoms with Crippen LogP contribution in [0.25, 0.3) is 82.7 Å². The minimum atomic E-state index is -0.0678. The van der Waals surface area contributed by atoms with Crippen molar-refractivity contribution >= 4 is 43.6 Å². The first-order valence-corrected chi connectivity index (χ1v) is 16.6. The van der Waals surface area contributed by atoms with Gasteiger partial charge < -0.3 is 4.57 Å². The number of para-hydroxylation sites is 1. The number of hydrogen-bond acceptors (Lipinski definition) is 2. The number of aromatic nitrogens is 3. The Morgan fingerprint density at radius 3 is 2.23 bits per heavy atom. The number of pyridine rings is 2. The fourth-order valence-electron chi connectivity index (χ4n) is 8.14. The standard InChI is InChI=1S/C45H31N3/c1-45(2)38-19-5-3-16-34(38)36-25-37-35-17-4-6-21-41(35)48(42(37)26-39(36)45)32-15-8-12-29(24-32)28-11-7-13-30(23-28)33-18-9-20-40-43(33)44-31(27-47-40)14-10-22-46-44/h3-27H,1-2H3. The first kappa shape index (κ1) is 27.1. The molecule has 0 fully saturated rings. The summed E-state index contributed by atoms with van der Waals surface area (Å²) in [6.45, 7) is 4.71. The highest BCUT2D eigenvalue weighted by atomic mass is 15.0. The molecule has 3 aromatic heterocycles. The zero-order valence-corrected chi connectivity index (χ0v) is 26.8. The molecule has 48 heavy (non-hydrogen) atoms. The van der Waals surface area contributed by atoms with E-state index in [4.69, 9.17) is 9.97 Å². The largest absolute Gasteiger partial charge is 0.309 e. The molecule has 0 unspecified atom stereocenters. The van der Waals surface area contributed by atoms with E-state index in [-0.39, 0.29) is 5.41 Å². The maximum absolute atomic E-state index is 4.77. The lowest BCUT2D eigenvalue weighted by atomic mass is 9.82. The number of benzene rings is 6. The molecule has 1 aliphatic carbocycles. The number of fused-ring (bicyclic) bond motifs is 9. The van der Waals surface area contributed by atoms with E-state index in [1.807, 2.05) is 18.5 Å². The monoisotopic (exact) mass is 613 g/mol. The summed E-state index contributed by atoms with van der Waals surface area (Å²) in [6, 6.07) is 50.8. The molecule has 0 amide bonds. The van der Waals surface area contributed by atoms with Crippen molar-refractivity contribution in [1.82, 2.24) is 14.5 Å². The Kier molecular flexibility index (Phi) is 5.63. The topological polar surface area (TPSA) is 30.7 Å². The van der Waals surface area contributed by atoms with E-state index in [9.17, 15) is 0 Å². The van der Waals surface area contributed by atoms with Crippen molar-refractivity contribution in [2.24, 2.45) is 0 Å². The smallest absolute Gasteiger partial charge is 0.0817 e. The van der Waals surface area contributed by atoms with Gasteiger partial charge in [-0.15, -0.1) is 0 Å². The number of rotatable bonds is 3. The SMILES string of the molecule is CC1(C)c2ccccc2-c2cc3c4ccccc4n(-c4cccc(-c5cccc(-c6cccc7ncc8cccnc8c67)c5)c4)c3cc21. The molecule has 0 N–H and O–H groups in total. The van der Waals surface area contributed by atoms with Gasteiger partial charge in [-0.05, 0) is 99.1 Å². The van der Waals surface area contributed by atoms with Crippen LogP contribution < -0.4 is 0 Å². The predicted octanol–water partition coefficient (Wildman–Crippen LogP) is 11.5. The highest BCUT2D eigenvalue weighted by molar-refractivity contribution is 6.12. The van der Waals surface area contributed by atoms with Crippen LogP contribution in [0.1, 0.15) is 25.0 Å². The van der Waals surface area contributed by atoms with Crippen molar-refractivity contribution < 1.29 is 0 Å². The van der Waals surface area contributed by atoms with Crippen LogP contribution in [-0.2, 0) is 5.41 Å². The highest BCUT2D eigenvalue weighted by Gasteiger charge is 2.36. The van der Waals surface area contributed by atoms with E-state index in [0.717, 1.165) is 38.6 Å². The molecule has 10 rings (SSSR count). The van der Waals surface area contributed by atoms with Crippen LogP contribution in [0.4, 0.5) is 0 Å². The van der Waals surface area contributed by atoms with E-state index >= 15 is 0 Å². The summed E-state index contributed by atoms with van der Waals surface area (Å²) in [7, 11) is 0. The Bertz CT molecular complexity index is 2770. The summed E-state index contributed by atoms with van der Waals surface area (Å²) >= 11 is 0. The van der Waals surface area contributed by atoms with Gasteiger partial charge in [-0.1, -0.05) is 98.8 Å². The maximum Gasteiger partial charge on any atom is 0.0817 e. The van der Waals surface area contributed by atoms with E-state index in [1.165, 1.54) is 55.2 Å². The first-order valence-electron chi connectivity index (χ1n) is 16.6. The van der Waals surface area contributed by atoms with E-state index in [1.54, 1.807) is 0 Å². The van der Waals surface area contributed by atoms with Crippen molar-refractivity contribution in [2.45, 2.75) is 19.3 Å². The fourth-order valence-corrected chi connectivity index (χ4v) is 8.14. The van der Waals surface area contributed by atoms with Crippen LogP contribution in [0.5, 0.6) is 0 Å². The van der Waals surface area contributed by atoms with Gasteiger partial charge in [0.25, 0.3) is 0 Å². The molecule has 0 bridgehead atoms. The Labute approximate surface area is 278 Å². The molecule has 1 aliphatic rings. The molecule has 3 nitrogen and oxygen atoms in total. The first-order chi connectivity index (χ1) is 23.6. The molecule has 0 radical (unpaired) electrons. The summed E-state index contributed by atoms with van der Waals surface area (Å²) in [4.78, 5) is 9.53. The third kappa shape index (κ3) is 3.82. The zero-order valence-electron chi connectivity index (χ0n) is 26.8. The molecule has 0 aliphatic heterocycles. The lowest BCUT2D eigenvalue weighted by molar-refractivity contribution is 0.661. The second-order valence-corrected chi connectivity index (χ2v) is 13.5.